The van der Waals surface area contributed by atoms with Gasteiger partial charge in [-0.3, -0.25) is 9.69 Å². The Morgan fingerprint density at radius 1 is 1.38 bits per heavy atom. The number of benzene rings is 1. The molecular weight excluding hydrogens is 264 g/mol. The first kappa shape index (κ1) is 16.0. The molecule has 2 rings (SSSR count). The van der Waals surface area contributed by atoms with Crippen molar-refractivity contribution in [2.45, 2.75) is 32.3 Å². The fraction of sp³-hybridized carbons (Fsp3) is 0.588. The number of morpholine rings is 1. The van der Waals surface area contributed by atoms with Crippen LogP contribution in [-0.2, 0) is 9.53 Å². The Bertz CT molecular complexity index is 436. The van der Waals surface area contributed by atoms with Crippen LogP contribution in [0.5, 0.6) is 0 Å². The van der Waals surface area contributed by atoms with Gasteiger partial charge in [-0.15, -0.1) is 0 Å². The van der Waals surface area contributed by atoms with Gasteiger partial charge in [0.05, 0.1) is 6.61 Å². The lowest BCUT2D eigenvalue weighted by molar-refractivity contribution is -0.138. The zero-order valence-electron chi connectivity index (χ0n) is 13.0. The highest BCUT2D eigenvalue weighted by Crippen LogP contribution is 2.18. The van der Waals surface area contributed by atoms with Crippen LogP contribution in [0.4, 0.5) is 0 Å². The maximum Gasteiger partial charge on any atom is 0.250 e. The summed E-state index contributed by atoms with van der Waals surface area (Å²) < 4.78 is 5.59. The van der Waals surface area contributed by atoms with Crippen LogP contribution in [0.1, 0.15) is 31.7 Å². The average molecular weight is 290 g/mol. The molecule has 1 fully saturated rings. The lowest BCUT2D eigenvalue weighted by Crippen LogP contribution is -2.50. The first-order valence-electron chi connectivity index (χ1n) is 7.91. The van der Waals surface area contributed by atoms with Gasteiger partial charge >= 0.3 is 0 Å². The molecule has 4 heteroatoms. The van der Waals surface area contributed by atoms with Crippen molar-refractivity contribution in [1.82, 2.24) is 10.2 Å². The van der Waals surface area contributed by atoms with Crippen molar-refractivity contribution in [2.75, 3.05) is 32.8 Å². The Morgan fingerprint density at radius 3 is 2.81 bits per heavy atom. The first-order valence-corrected chi connectivity index (χ1v) is 7.91. The number of hydrogen-bond acceptors (Lipinski definition) is 3. The number of nitrogens with one attached hydrogen (secondary N) is 1. The van der Waals surface area contributed by atoms with Crippen LogP contribution in [0, 0.1) is 0 Å². The van der Waals surface area contributed by atoms with Gasteiger partial charge in [0.15, 0.2) is 0 Å². The van der Waals surface area contributed by atoms with E-state index in [9.17, 15) is 4.79 Å². The van der Waals surface area contributed by atoms with E-state index in [1.54, 1.807) is 0 Å². The third kappa shape index (κ3) is 4.55. The zero-order valence-corrected chi connectivity index (χ0v) is 13.0. The van der Waals surface area contributed by atoms with Crippen LogP contribution in [0.3, 0.4) is 0 Å². The molecule has 1 saturated heterocycles. The number of ether oxygens (including phenoxy) is 1. The van der Waals surface area contributed by atoms with Crippen LogP contribution >= 0.6 is 0 Å². The maximum atomic E-state index is 12.2. The first-order chi connectivity index (χ1) is 10.2. The topological polar surface area (TPSA) is 41.6 Å². The molecular formula is C17H26N2O2. The SMILES string of the molecule is CC[C@H](CNC(=O)[C@@H]1CN(CC)CCO1)c1ccccc1. The highest BCUT2D eigenvalue weighted by Gasteiger charge is 2.26. The molecule has 0 spiro atoms. The van der Waals surface area contributed by atoms with Crippen LogP contribution < -0.4 is 5.32 Å². The van der Waals surface area contributed by atoms with Gasteiger partial charge in [0.1, 0.15) is 6.10 Å². The van der Waals surface area contributed by atoms with E-state index < -0.39 is 0 Å². The summed E-state index contributed by atoms with van der Waals surface area (Å²) in [7, 11) is 0. The van der Waals surface area contributed by atoms with Gasteiger partial charge in [-0.05, 0) is 18.5 Å². The highest BCUT2D eigenvalue weighted by atomic mass is 16.5. The van der Waals surface area contributed by atoms with E-state index in [-0.39, 0.29) is 12.0 Å². The molecule has 21 heavy (non-hydrogen) atoms. The normalized spacial score (nSPS) is 21.0. The van der Waals surface area contributed by atoms with Crippen LogP contribution in [-0.4, -0.2) is 49.7 Å². The second-order valence-electron chi connectivity index (χ2n) is 5.51. The summed E-state index contributed by atoms with van der Waals surface area (Å²) >= 11 is 0. The van der Waals surface area contributed by atoms with Gasteiger partial charge in [0.2, 0.25) is 5.91 Å². The second kappa shape index (κ2) is 8.15. The molecule has 4 nitrogen and oxygen atoms in total. The molecule has 116 valence electrons. The minimum atomic E-state index is -0.327. The number of hydrogen-bond donors (Lipinski definition) is 1. The number of rotatable bonds is 6. The third-order valence-corrected chi connectivity index (χ3v) is 4.18. The molecule has 1 amide bonds. The largest absolute Gasteiger partial charge is 0.366 e. The van der Waals surface area contributed by atoms with Gasteiger partial charge in [-0.25, -0.2) is 0 Å². The molecule has 1 aromatic rings. The summed E-state index contributed by atoms with van der Waals surface area (Å²) in [6, 6.07) is 10.4. The summed E-state index contributed by atoms with van der Waals surface area (Å²) in [6.07, 6.45) is 0.684. The Kier molecular flexibility index (Phi) is 6.21. The van der Waals surface area contributed by atoms with Crippen molar-refractivity contribution < 1.29 is 9.53 Å². The quantitative estimate of drug-likeness (QED) is 0.871. The Labute approximate surface area is 127 Å². The van der Waals surface area contributed by atoms with Gasteiger partial charge in [0, 0.05) is 25.6 Å². The molecule has 1 aliphatic heterocycles. The number of carbonyl (C=O) groups is 1. The predicted molar refractivity (Wildman–Crippen MR) is 84.3 cm³/mol. The van der Waals surface area contributed by atoms with Crippen molar-refractivity contribution in [1.29, 1.82) is 0 Å². The molecule has 2 atom stereocenters. The Balaban J connectivity index is 1.85. The van der Waals surface area contributed by atoms with Crippen molar-refractivity contribution >= 4 is 5.91 Å². The van der Waals surface area contributed by atoms with Crippen LogP contribution in [0.25, 0.3) is 0 Å². The molecule has 0 aromatic heterocycles. The highest BCUT2D eigenvalue weighted by molar-refractivity contribution is 5.81. The van der Waals surface area contributed by atoms with Crippen LogP contribution in [0.2, 0.25) is 0 Å². The fourth-order valence-electron chi connectivity index (χ4n) is 2.71. The second-order valence-corrected chi connectivity index (χ2v) is 5.51. The van der Waals surface area contributed by atoms with Crippen molar-refractivity contribution in [3.63, 3.8) is 0 Å². The molecule has 0 saturated carbocycles. The lowest BCUT2D eigenvalue weighted by Gasteiger charge is -2.31. The number of likely N-dealkylation sites (N-methyl/N-ethyl adjacent to an activating group) is 1. The summed E-state index contributed by atoms with van der Waals surface area (Å²) in [5.74, 6) is 0.378. The average Bonchev–Trinajstić information content (AvgIpc) is 2.56. The van der Waals surface area contributed by atoms with Gasteiger partial charge < -0.3 is 10.1 Å². The van der Waals surface area contributed by atoms with Crippen molar-refractivity contribution in [3.8, 4) is 0 Å². The number of carbonyl (C=O) groups excluding carboxylic acids is 1. The minimum absolute atomic E-state index is 0.0162. The van der Waals surface area contributed by atoms with Gasteiger partial charge in [-0.1, -0.05) is 44.2 Å². The molecule has 0 bridgehead atoms. The van der Waals surface area contributed by atoms with E-state index in [4.69, 9.17) is 4.74 Å². The molecule has 0 radical (unpaired) electrons. The standard InChI is InChI=1S/C17H26N2O2/c1-3-14(15-8-6-5-7-9-15)12-18-17(20)16-13-19(4-2)10-11-21-16/h5-9,14,16H,3-4,10-13H2,1-2H3,(H,18,20)/t14-,16+/m1/s1. The van der Waals surface area contributed by atoms with E-state index in [1.807, 2.05) is 18.2 Å². The predicted octanol–water partition coefficient (Wildman–Crippen LogP) is 2.02. The summed E-state index contributed by atoms with van der Waals surface area (Å²) in [5.41, 5.74) is 1.28. The summed E-state index contributed by atoms with van der Waals surface area (Å²) in [4.78, 5) is 14.5. The Morgan fingerprint density at radius 2 is 2.14 bits per heavy atom. The third-order valence-electron chi connectivity index (χ3n) is 4.18. The van der Waals surface area contributed by atoms with E-state index >= 15 is 0 Å². The van der Waals surface area contributed by atoms with Crippen molar-refractivity contribution in [3.05, 3.63) is 35.9 Å². The van der Waals surface area contributed by atoms with E-state index in [0.29, 0.717) is 25.6 Å². The molecule has 0 aliphatic carbocycles. The molecule has 1 aromatic carbocycles. The molecule has 1 N–H and O–H groups in total. The molecule has 1 heterocycles. The lowest BCUT2D eigenvalue weighted by atomic mass is 9.96. The fourth-order valence-corrected chi connectivity index (χ4v) is 2.71. The van der Waals surface area contributed by atoms with E-state index in [1.165, 1.54) is 5.56 Å². The summed E-state index contributed by atoms with van der Waals surface area (Å²) in [6.45, 7) is 8.16. The number of amides is 1. The van der Waals surface area contributed by atoms with E-state index in [0.717, 1.165) is 19.5 Å². The smallest absolute Gasteiger partial charge is 0.250 e. The van der Waals surface area contributed by atoms with E-state index in [2.05, 4.69) is 36.2 Å². The minimum Gasteiger partial charge on any atom is -0.366 e. The maximum absolute atomic E-state index is 12.2. The monoisotopic (exact) mass is 290 g/mol. The van der Waals surface area contributed by atoms with Crippen molar-refractivity contribution in [2.24, 2.45) is 0 Å². The summed E-state index contributed by atoms with van der Waals surface area (Å²) in [5, 5.41) is 3.06. The molecule has 1 aliphatic rings. The molecule has 0 unspecified atom stereocenters. The zero-order chi connectivity index (χ0) is 15.1. The van der Waals surface area contributed by atoms with Crippen LogP contribution in [0.15, 0.2) is 30.3 Å². The van der Waals surface area contributed by atoms with Gasteiger partial charge in [-0.2, -0.15) is 0 Å². The number of nitrogens with zero attached hydrogens (tertiary/aromatic N) is 1. The Hall–Kier alpha value is -1.39. The van der Waals surface area contributed by atoms with Gasteiger partial charge in [0.25, 0.3) is 0 Å².